The minimum Gasteiger partial charge on any atom is -0.465 e. The fourth-order valence-corrected chi connectivity index (χ4v) is 4.69. The van der Waals surface area contributed by atoms with Crippen LogP contribution in [-0.4, -0.2) is 60.7 Å². The Morgan fingerprint density at radius 1 is 1.17 bits per heavy atom. The molecule has 1 aliphatic heterocycles. The van der Waals surface area contributed by atoms with Crippen LogP contribution < -0.4 is 4.90 Å². The van der Waals surface area contributed by atoms with E-state index in [4.69, 9.17) is 4.74 Å². The van der Waals surface area contributed by atoms with E-state index in [0.29, 0.717) is 4.88 Å². The van der Waals surface area contributed by atoms with E-state index in [2.05, 4.69) is 56.2 Å². The average molecular weight is 409 g/mol. The smallest absolute Gasteiger partial charge is 0.348 e. The van der Waals surface area contributed by atoms with Crippen molar-refractivity contribution in [2.75, 3.05) is 44.7 Å². The number of thiophene rings is 1. The molecule has 7 heteroatoms. The van der Waals surface area contributed by atoms with Gasteiger partial charge < -0.3 is 9.64 Å². The monoisotopic (exact) mass is 408 g/mol. The van der Waals surface area contributed by atoms with Gasteiger partial charge in [-0.2, -0.15) is 0 Å². The van der Waals surface area contributed by atoms with Crippen molar-refractivity contribution in [3.8, 4) is 0 Å². The highest BCUT2D eigenvalue weighted by Crippen LogP contribution is 2.35. The van der Waals surface area contributed by atoms with Gasteiger partial charge in [-0.05, 0) is 18.1 Å². The summed E-state index contributed by atoms with van der Waals surface area (Å²) in [6.45, 7) is 6.62. The number of benzene rings is 1. The SMILES string of the molecule is COC(=O)c1sc2ncnc(N3CCN(C/C=C/c4ccccc4)CC3)c2c1C. The van der Waals surface area contributed by atoms with Gasteiger partial charge in [0.05, 0.1) is 12.5 Å². The van der Waals surface area contributed by atoms with E-state index in [1.807, 2.05) is 13.0 Å². The molecule has 150 valence electrons. The van der Waals surface area contributed by atoms with Crippen molar-refractivity contribution in [3.63, 3.8) is 0 Å². The lowest BCUT2D eigenvalue weighted by molar-refractivity contribution is 0.0605. The molecule has 0 radical (unpaired) electrons. The van der Waals surface area contributed by atoms with Crippen molar-refractivity contribution in [1.29, 1.82) is 0 Å². The largest absolute Gasteiger partial charge is 0.465 e. The predicted molar refractivity (Wildman–Crippen MR) is 118 cm³/mol. The van der Waals surface area contributed by atoms with Crippen LogP contribution in [0, 0.1) is 6.92 Å². The third kappa shape index (κ3) is 4.16. The van der Waals surface area contributed by atoms with Gasteiger partial charge in [-0.15, -0.1) is 11.3 Å². The van der Waals surface area contributed by atoms with Gasteiger partial charge in [0, 0.05) is 32.7 Å². The van der Waals surface area contributed by atoms with Gasteiger partial charge in [-0.1, -0.05) is 42.5 Å². The van der Waals surface area contributed by atoms with Crippen LogP contribution in [0.25, 0.3) is 16.3 Å². The number of hydrogen-bond donors (Lipinski definition) is 0. The molecule has 6 nitrogen and oxygen atoms in total. The zero-order chi connectivity index (χ0) is 20.2. The molecule has 3 aromatic rings. The van der Waals surface area contributed by atoms with Gasteiger partial charge in [-0.3, -0.25) is 4.90 Å². The van der Waals surface area contributed by atoms with Crippen molar-refractivity contribution < 1.29 is 9.53 Å². The summed E-state index contributed by atoms with van der Waals surface area (Å²) in [6, 6.07) is 10.4. The number of aromatic nitrogens is 2. The van der Waals surface area contributed by atoms with E-state index in [0.717, 1.165) is 54.3 Å². The van der Waals surface area contributed by atoms with Crippen LogP contribution in [0.1, 0.15) is 20.8 Å². The second-order valence-electron chi connectivity index (χ2n) is 7.03. The van der Waals surface area contributed by atoms with E-state index in [1.165, 1.54) is 24.0 Å². The Kier molecular flexibility index (Phi) is 5.87. The molecular formula is C22H24N4O2S. The van der Waals surface area contributed by atoms with Crippen LogP contribution >= 0.6 is 11.3 Å². The Hall–Kier alpha value is -2.77. The minimum absolute atomic E-state index is 0.313. The summed E-state index contributed by atoms with van der Waals surface area (Å²) in [6.07, 6.45) is 5.98. The van der Waals surface area contributed by atoms with Crippen molar-refractivity contribution in [3.05, 3.63) is 58.7 Å². The number of methoxy groups -OCH3 is 1. The maximum atomic E-state index is 12.1. The topological polar surface area (TPSA) is 58.6 Å². The molecule has 1 saturated heterocycles. The number of carbonyl (C=O) groups is 1. The first kappa shape index (κ1) is 19.5. The quantitative estimate of drug-likeness (QED) is 0.601. The second kappa shape index (κ2) is 8.71. The van der Waals surface area contributed by atoms with E-state index < -0.39 is 0 Å². The summed E-state index contributed by atoms with van der Waals surface area (Å²) in [5.41, 5.74) is 2.13. The zero-order valence-corrected chi connectivity index (χ0v) is 17.5. The lowest BCUT2D eigenvalue weighted by Gasteiger charge is -2.35. The molecule has 1 aromatic carbocycles. The lowest BCUT2D eigenvalue weighted by atomic mass is 10.2. The number of esters is 1. The fraction of sp³-hybridized carbons (Fsp3) is 0.318. The van der Waals surface area contributed by atoms with Crippen LogP contribution in [0.15, 0.2) is 42.7 Å². The molecular weight excluding hydrogens is 384 g/mol. The van der Waals surface area contributed by atoms with E-state index >= 15 is 0 Å². The third-order valence-corrected chi connectivity index (χ3v) is 6.40. The summed E-state index contributed by atoms with van der Waals surface area (Å²) in [7, 11) is 1.41. The van der Waals surface area contributed by atoms with Crippen LogP contribution in [0.3, 0.4) is 0 Å². The number of carbonyl (C=O) groups excluding carboxylic acids is 1. The van der Waals surface area contributed by atoms with Gasteiger partial charge in [0.2, 0.25) is 0 Å². The van der Waals surface area contributed by atoms with Crippen LogP contribution in [0.4, 0.5) is 5.82 Å². The number of anilines is 1. The molecule has 0 spiro atoms. The van der Waals surface area contributed by atoms with Crippen LogP contribution in [0.5, 0.6) is 0 Å². The molecule has 1 fully saturated rings. The van der Waals surface area contributed by atoms with Crippen LogP contribution in [0.2, 0.25) is 0 Å². The summed E-state index contributed by atoms with van der Waals surface area (Å²) in [4.78, 5) is 27.1. The first-order valence-electron chi connectivity index (χ1n) is 9.68. The highest BCUT2D eigenvalue weighted by atomic mass is 32.1. The number of aryl methyl sites for hydroxylation is 1. The van der Waals surface area contributed by atoms with E-state index in [1.54, 1.807) is 6.33 Å². The molecule has 29 heavy (non-hydrogen) atoms. The van der Waals surface area contributed by atoms with Crippen molar-refractivity contribution in [2.24, 2.45) is 0 Å². The summed E-state index contributed by atoms with van der Waals surface area (Å²) >= 11 is 1.37. The van der Waals surface area contributed by atoms with Crippen molar-refractivity contribution >= 4 is 39.4 Å². The zero-order valence-electron chi connectivity index (χ0n) is 16.7. The molecule has 3 heterocycles. The van der Waals surface area contributed by atoms with Gasteiger partial charge in [0.25, 0.3) is 0 Å². The summed E-state index contributed by atoms with van der Waals surface area (Å²) in [5, 5.41) is 0.968. The van der Waals surface area contributed by atoms with E-state index in [9.17, 15) is 4.79 Å². The molecule has 0 amide bonds. The number of piperazine rings is 1. The molecule has 0 aliphatic carbocycles. The first-order valence-corrected chi connectivity index (χ1v) is 10.5. The Labute approximate surface area is 174 Å². The molecule has 0 N–H and O–H groups in total. The highest BCUT2D eigenvalue weighted by molar-refractivity contribution is 7.20. The highest BCUT2D eigenvalue weighted by Gasteiger charge is 2.24. The molecule has 2 aromatic heterocycles. The molecule has 0 saturated carbocycles. The summed E-state index contributed by atoms with van der Waals surface area (Å²) in [5.74, 6) is 0.602. The van der Waals surface area contributed by atoms with Gasteiger partial charge in [-0.25, -0.2) is 14.8 Å². The van der Waals surface area contributed by atoms with Gasteiger partial charge in [0.1, 0.15) is 21.9 Å². The standard InChI is InChI=1S/C22H24N4O2S/c1-16-18-20(23-15-24-21(18)29-19(16)22(27)28-2)26-13-11-25(12-14-26)10-6-9-17-7-4-3-5-8-17/h3-9,15H,10-14H2,1-2H3/b9-6+. The Balaban J connectivity index is 1.44. The number of ether oxygens (including phenoxy) is 1. The first-order chi connectivity index (χ1) is 14.2. The fourth-order valence-electron chi connectivity index (χ4n) is 3.62. The van der Waals surface area contributed by atoms with Crippen molar-refractivity contribution in [1.82, 2.24) is 14.9 Å². The van der Waals surface area contributed by atoms with Gasteiger partial charge in [0.15, 0.2) is 0 Å². The van der Waals surface area contributed by atoms with Gasteiger partial charge >= 0.3 is 5.97 Å². The number of rotatable bonds is 5. The number of fused-ring (bicyclic) bond motifs is 1. The Morgan fingerprint density at radius 2 is 1.93 bits per heavy atom. The molecule has 0 unspecified atom stereocenters. The minimum atomic E-state index is -0.313. The molecule has 0 bridgehead atoms. The molecule has 1 aliphatic rings. The van der Waals surface area contributed by atoms with E-state index in [-0.39, 0.29) is 5.97 Å². The number of hydrogen-bond acceptors (Lipinski definition) is 7. The van der Waals surface area contributed by atoms with Crippen molar-refractivity contribution in [2.45, 2.75) is 6.92 Å². The molecule has 0 atom stereocenters. The molecule has 4 rings (SSSR count). The average Bonchev–Trinajstić information content (AvgIpc) is 3.11. The van der Waals surface area contributed by atoms with Crippen LogP contribution in [-0.2, 0) is 4.74 Å². The normalized spacial score (nSPS) is 15.3. The Bertz CT molecular complexity index is 1020. The Morgan fingerprint density at radius 3 is 2.66 bits per heavy atom. The summed E-state index contributed by atoms with van der Waals surface area (Å²) < 4.78 is 4.91. The third-order valence-electron chi connectivity index (χ3n) is 5.22. The maximum Gasteiger partial charge on any atom is 0.348 e. The number of nitrogens with zero attached hydrogens (tertiary/aromatic N) is 4. The second-order valence-corrected chi connectivity index (χ2v) is 8.02. The predicted octanol–water partition coefficient (Wildman–Crippen LogP) is 3.62. The lowest BCUT2D eigenvalue weighted by Crippen LogP contribution is -2.46. The maximum absolute atomic E-state index is 12.1.